The van der Waals surface area contributed by atoms with E-state index >= 15 is 0 Å². The summed E-state index contributed by atoms with van der Waals surface area (Å²) in [6.45, 7) is 1.85. The van der Waals surface area contributed by atoms with Crippen LogP contribution in [0.15, 0.2) is 18.5 Å². The summed E-state index contributed by atoms with van der Waals surface area (Å²) in [6.07, 6.45) is 5.76. The van der Waals surface area contributed by atoms with Crippen molar-refractivity contribution in [2.24, 2.45) is 0 Å². The lowest BCUT2D eigenvalue weighted by Crippen LogP contribution is -2.53. The second-order valence-corrected chi connectivity index (χ2v) is 4.86. The molecular formula is C13H17N3O3. The Morgan fingerprint density at radius 2 is 2.05 bits per heavy atom. The third-order valence-electron chi connectivity index (χ3n) is 3.51. The first-order chi connectivity index (χ1) is 9.03. The molecule has 1 aliphatic rings. The van der Waals surface area contributed by atoms with E-state index in [-0.39, 0.29) is 0 Å². The highest BCUT2D eigenvalue weighted by Crippen LogP contribution is 2.30. The van der Waals surface area contributed by atoms with Crippen molar-refractivity contribution in [3.05, 3.63) is 24.0 Å². The lowest BCUT2D eigenvalue weighted by molar-refractivity contribution is -0.144. The summed E-state index contributed by atoms with van der Waals surface area (Å²) in [5.41, 5.74) is 0.333. The minimum Gasteiger partial charge on any atom is -0.480 e. The molecule has 0 atom stereocenters. The summed E-state index contributed by atoms with van der Waals surface area (Å²) < 4.78 is 0. The van der Waals surface area contributed by atoms with E-state index in [1.807, 2.05) is 6.92 Å². The molecule has 6 heteroatoms. The predicted octanol–water partition coefficient (Wildman–Crippen LogP) is 1.91. The molecule has 0 unspecified atom stereocenters. The molecule has 0 aromatic carbocycles. The molecule has 1 aromatic heterocycles. The quantitative estimate of drug-likeness (QED) is 0.776. The van der Waals surface area contributed by atoms with Crippen LogP contribution in [0.25, 0.3) is 0 Å². The molecule has 1 heterocycles. The van der Waals surface area contributed by atoms with Crippen LogP contribution in [0.4, 0.5) is 10.5 Å². The van der Waals surface area contributed by atoms with E-state index in [1.54, 1.807) is 12.3 Å². The highest BCUT2D eigenvalue weighted by atomic mass is 16.4. The van der Waals surface area contributed by atoms with Crippen molar-refractivity contribution in [3.8, 4) is 0 Å². The lowest BCUT2D eigenvalue weighted by Gasteiger charge is -2.25. The standard InChI is InChI=1S/C13H17N3O3/c1-9-4-7-14-8-10(9)15-12(19)16-13(11(17)18)5-2-3-6-13/h4,7-8H,2-3,5-6H2,1H3,(H,17,18)(H2,15,16,19). The van der Waals surface area contributed by atoms with Crippen LogP contribution in [-0.4, -0.2) is 27.6 Å². The topological polar surface area (TPSA) is 91.3 Å². The number of anilines is 1. The van der Waals surface area contributed by atoms with Gasteiger partial charge in [-0.3, -0.25) is 4.98 Å². The summed E-state index contributed by atoms with van der Waals surface area (Å²) in [5.74, 6) is -0.969. The molecule has 0 radical (unpaired) electrons. The average Bonchev–Trinajstić information content (AvgIpc) is 2.82. The largest absolute Gasteiger partial charge is 0.480 e. The van der Waals surface area contributed by atoms with Gasteiger partial charge in [-0.2, -0.15) is 0 Å². The van der Waals surface area contributed by atoms with E-state index in [9.17, 15) is 14.7 Å². The van der Waals surface area contributed by atoms with Crippen molar-refractivity contribution in [1.82, 2.24) is 10.3 Å². The van der Waals surface area contributed by atoms with Crippen LogP contribution in [0.5, 0.6) is 0 Å². The van der Waals surface area contributed by atoms with Crippen molar-refractivity contribution >= 4 is 17.7 Å². The van der Waals surface area contributed by atoms with Gasteiger partial charge in [-0.05, 0) is 31.4 Å². The van der Waals surface area contributed by atoms with Crippen LogP contribution in [0, 0.1) is 6.92 Å². The van der Waals surface area contributed by atoms with Crippen molar-refractivity contribution in [2.45, 2.75) is 38.1 Å². The normalized spacial score (nSPS) is 16.9. The minimum absolute atomic E-state index is 0.474. The monoisotopic (exact) mass is 263 g/mol. The molecule has 6 nitrogen and oxygen atoms in total. The Hall–Kier alpha value is -2.11. The Morgan fingerprint density at radius 3 is 2.63 bits per heavy atom. The molecular weight excluding hydrogens is 246 g/mol. The molecule has 0 bridgehead atoms. The number of hydrogen-bond acceptors (Lipinski definition) is 3. The van der Waals surface area contributed by atoms with E-state index < -0.39 is 17.5 Å². The number of carbonyl (C=O) groups is 2. The predicted molar refractivity (Wildman–Crippen MR) is 70.0 cm³/mol. The Morgan fingerprint density at radius 1 is 1.37 bits per heavy atom. The second-order valence-electron chi connectivity index (χ2n) is 4.86. The van der Waals surface area contributed by atoms with E-state index in [2.05, 4.69) is 15.6 Å². The zero-order valence-electron chi connectivity index (χ0n) is 10.8. The molecule has 1 fully saturated rings. The molecule has 0 spiro atoms. The second kappa shape index (κ2) is 5.26. The van der Waals surface area contributed by atoms with Crippen molar-refractivity contribution in [2.75, 3.05) is 5.32 Å². The summed E-state index contributed by atoms with van der Waals surface area (Å²) >= 11 is 0. The van der Waals surface area contributed by atoms with E-state index in [0.29, 0.717) is 18.5 Å². The lowest BCUT2D eigenvalue weighted by atomic mass is 9.98. The van der Waals surface area contributed by atoms with Crippen LogP contribution < -0.4 is 10.6 Å². The maximum atomic E-state index is 11.9. The highest BCUT2D eigenvalue weighted by Gasteiger charge is 2.42. The van der Waals surface area contributed by atoms with Gasteiger partial charge in [0.15, 0.2) is 0 Å². The van der Waals surface area contributed by atoms with Gasteiger partial charge in [0.25, 0.3) is 0 Å². The fraction of sp³-hybridized carbons (Fsp3) is 0.462. The molecule has 0 saturated heterocycles. The van der Waals surface area contributed by atoms with Crippen LogP contribution in [-0.2, 0) is 4.79 Å². The number of rotatable bonds is 3. The molecule has 1 aromatic rings. The zero-order valence-corrected chi connectivity index (χ0v) is 10.8. The molecule has 2 rings (SSSR count). The Bertz CT molecular complexity index is 496. The number of amides is 2. The molecule has 1 saturated carbocycles. The zero-order chi connectivity index (χ0) is 13.9. The van der Waals surface area contributed by atoms with Gasteiger partial charge in [0.2, 0.25) is 0 Å². The van der Waals surface area contributed by atoms with E-state index in [1.165, 1.54) is 6.20 Å². The van der Waals surface area contributed by atoms with Gasteiger partial charge in [-0.1, -0.05) is 12.8 Å². The number of pyridine rings is 1. The smallest absolute Gasteiger partial charge is 0.329 e. The third kappa shape index (κ3) is 2.83. The van der Waals surface area contributed by atoms with Gasteiger partial charge >= 0.3 is 12.0 Å². The maximum Gasteiger partial charge on any atom is 0.329 e. The average molecular weight is 263 g/mol. The van der Waals surface area contributed by atoms with Crippen molar-refractivity contribution < 1.29 is 14.7 Å². The van der Waals surface area contributed by atoms with Gasteiger partial charge in [0, 0.05) is 6.20 Å². The Balaban J connectivity index is 2.05. The van der Waals surface area contributed by atoms with Gasteiger partial charge in [0.05, 0.1) is 11.9 Å². The molecule has 1 aliphatic carbocycles. The fourth-order valence-electron chi connectivity index (χ4n) is 2.34. The number of hydrogen-bond donors (Lipinski definition) is 3. The molecule has 2 amide bonds. The number of urea groups is 1. The van der Waals surface area contributed by atoms with Crippen LogP contribution in [0.1, 0.15) is 31.2 Å². The van der Waals surface area contributed by atoms with Crippen LogP contribution in [0.3, 0.4) is 0 Å². The first kappa shape index (κ1) is 13.3. The molecule has 3 N–H and O–H groups in total. The van der Waals surface area contributed by atoms with Crippen LogP contribution in [0.2, 0.25) is 0 Å². The number of aliphatic carboxylic acids is 1. The number of aryl methyl sites for hydroxylation is 1. The maximum absolute atomic E-state index is 11.9. The number of carbonyl (C=O) groups excluding carboxylic acids is 1. The number of nitrogens with zero attached hydrogens (tertiary/aromatic N) is 1. The fourth-order valence-corrected chi connectivity index (χ4v) is 2.34. The van der Waals surface area contributed by atoms with E-state index in [4.69, 9.17) is 0 Å². The van der Waals surface area contributed by atoms with Gasteiger partial charge in [-0.25, -0.2) is 9.59 Å². The van der Waals surface area contributed by atoms with Crippen molar-refractivity contribution in [1.29, 1.82) is 0 Å². The summed E-state index contributed by atoms with van der Waals surface area (Å²) in [4.78, 5) is 27.2. The first-order valence-corrected chi connectivity index (χ1v) is 6.27. The van der Waals surface area contributed by atoms with Gasteiger partial charge in [0.1, 0.15) is 5.54 Å². The SMILES string of the molecule is Cc1ccncc1NC(=O)NC1(C(=O)O)CCCC1. The first-order valence-electron chi connectivity index (χ1n) is 6.27. The highest BCUT2D eigenvalue weighted by molar-refractivity contribution is 5.94. The molecule has 19 heavy (non-hydrogen) atoms. The minimum atomic E-state index is -1.12. The molecule has 0 aliphatic heterocycles. The number of nitrogens with one attached hydrogen (secondary N) is 2. The number of carboxylic acids is 1. The van der Waals surface area contributed by atoms with Crippen molar-refractivity contribution in [3.63, 3.8) is 0 Å². The van der Waals surface area contributed by atoms with Gasteiger partial charge in [-0.15, -0.1) is 0 Å². The number of carboxylic acid groups (broad SMARTS) is 1. The third-order valence-corrected chi connectivity index (χ3v) is 3.51. The van der Waals surface area contributed by atoms with Gasteiger partial charge < -0.3 is 15.7 Å². The molecule has 102 valence electrons. The Labute approximate surface area is 111 Å². The summed E-state index contributed by atoms with van der Waals surface area (Å²) in [7, 11) is 0. The van der Waals surface area contributed by atoms with E-state index in [0.717, 1.165) is 18.4 Å². The Kier molecular flexibility index (Phi) is 3.69. The number of aromatic nitrogens is 1. The summed E-state index contributed by atoms with van der Waals surface area (Å²) in [5, 5.41) is 14.5. The summed E-state index contributed by atoms with van der Waals surface area (Å²) in [6, 6.07) is 1.28. The van der Waals surface area contributed by atoms with Crippen LogP contribution >= 0.6 is 0 Å².